The second-order valence-corrected chi connectivity index (χ2v) is 9.16. The molecule has 0 unspecified atom stereocenters. The van der Waals surface area contributed by atoms with E-state index in [0.717, 1.165) is 37.1 Å². The Bertz CT molecular complexity index is 1080. The molecule has 0 saturated carbocycles. The second-order valence-electron chi connectivity index (χ2n) is 7.48. The fourth-order valence-corrected chi connectivity index (χ4v) is 4.95. The Morgan fingerprint density at radius 2 is 1.76 bits per heavy atom. The van der Waals surface area contributed by atoms with Gasteiger partial charge in [-0.3, -0.25) is 4.72 Å². The second kappa shape index (κ2) is 8.00. The summed E-state index contributed by atoms with van der Waals surface area (Å²) < 4.78 is 33.1. The predicted molar refractivity (Wildman–Crippen MR) is 114 cm³/mol. The van der Waals surface area contributed by atoms with Crippen molar-refractivity contribution >= 4 is 15.7 Å². The van der Waals surface area contributed by atoms with Crippen molar-refractivity contribution in [3.8, 4) is 11.1 Å². The molecule has 152 valence electrons. The molecule has 0 radical (unpaired) electrons. The van der Waals surface area contributed by atoms with Gasteiger partial charge in [-0.25, -0.2) is 8.42 Å². The summed E-state index contributed by atoms with van der Waals surface area (Å²) in [5, 5.41) is 7.19. The molecule has 0 bridgehead atoms. The van der Waals surface area contributed by atoms with Gasteiger partial charge in [-0.2, -0.15) is 0 Å². The van der Waals surface area contributed by atoms with Gasteiger partial charge >= 0.3 is 0 Å². The molecule has 4 rings (SSSR count). The molecule has 2 N–H and O–H groups in total. The molecular formula is C22H25N3O3S. The fraction of sp³-hybridized carbons (Fsp3) is 0.318. The average molecular weight is 412 g/mol. The summed E-state index contributed by atoms with van der Waals surface area (Å²) >= 11 is 0. The van der Waals surface area contributed by atoms with Crippen molar-refractivity contribution in [2.75, 3.05) is 17.8 Å². The van der Waals surface area contributed by atoms with E-state index in [0.29, 0.717) is 23.1 Å². The molecule has 29 heavy (non-hydrogen) atoms. The summed E-state index contributed by atoms with van der Waals surface area (Å²) in [4.78, 5) is 0.204. The van der Waals surface area contributed by atoms with E-state index in [4.69, 9.17) is 4.52 Å². The van der Waals surface area contributed by atoms with Crippen LogP contribution in [-0.2, 0) is 10.0 Å². The summed E-state index contributed by atoms with van der Waals surface area (Å²) in [5.41, 5.74) is 4.35. The maximum absolute atomic E-state index is 12.7. The van der Waals surface area contributed by atoms with Gasteiger partial charge in [0.25, 0.3) is 10.0 Å². The topological polar surface area (TPSA) is 84.2 Å². The third-order valence-electron chi connectivity index (χ3n) is 5.46. The average Bonchev–Trinajstić information content (AvgIpc) is 3.06. The van der Waals surface area contributed by atoms with Crippen molar-refractivity contribution in [1.29, 1.82) is 0 Å². The Balaban J connectivity index is 1.56. The van der Waals surface area contributed by atoms with E-state index in [1.807, 2.05) is 12.1 Å². The van der Waals surface area contributed by atoms with E-state index in [-0.39, 0.29) is 4.90 Å². The zero-order chi connectivity index (χ0) is 20.4. The first-order chi connectivity index (χ1) is 13.9. The molecule has 0 aliphatic carbocycles. The number of anilines is 1. The van der Waals surface area contributed by atoms with E-state index >= 15 is 0 Å². The molecule has 0 atom stereocenters. The summed E-state index contributed by atoms with van der Waals surface area (Å²) in [5.74, 6) is 1.02. The summed E-state index contributed by atoms with van der Waals surface area (Å²) in [6, 6.07) is 15.5. The van der Waals surface area contributed by atoms with Crippen molar-refractivity contribution < 1.29 is 12.9 Å². The van der Waals surface area contributed by atoms with Crippen LogP contribution in [0.15, 0.2) is 57.9 Å². The standard InChI is InChI=1S/C22H25N3O3S/c1-15-22(16(2)28-24-15)25-29(26,27)21-8-6-17(7-9-21)19-4-3-5-20(14-19)18-10-12-23-13-11-18/h3-9,14,18,23,25H,10-13H2,1-2H3. The van der Waals surface area contributed by atoms with Crippen molar-refractivity contribution in [1.82, 2.24) is 10.5 Å². The summed E-state index contributed by atoms with van der Waals surface area (Å²) in [6.45, 7) is 5.49. The minimum Gasteiger partial charge on any atom is -0.359 e. The Hall–Kier alpha value is -2.64. The molecule has 0 amide bonds. The maximum atomic E-state index is 12.7. The van der Waals surface area contributed by atoms with Crippen LogP contribution in [0.2, 0.25) is 0 Å². The zero-order valence-corrected chi connectivity index (χ0v) is 17.4. The zero-order valence-electron chi connectivity index (χ0n) is 16.6. The van der Waals surface area contributed by atoms with Crippen molar-refractivity contribution in [2.45, 2.75) is 37.5 Å². The first-order valence-electron chi connectivity index (χ1n) is 9.81. The molecule has 0 spiro atoms. The Labute approximate surface area is 171 Å². The third-order valence-corrected chi connectivity index (χ3v) is 6.83. The van der Waals surface area contributed by atoms with Gasteiger partial charge < -0.3 is 9.84 Å². The summed E-state index contributed by atoms with van der Waals surface area (Å²) in [6.07, 6.45) is 2.29. The number of hydrogen-bond acceptors (Lipinski definition) is 5. The van der Waals surface area contributed by atoms with Crippen LogP contribution >= 0.6 is 0 Å². The minimum atomic E-state index is -3.71. The normalized spacial score (nSPS) is 15.4. The van der Waals surface area contributed by atoms with Gasteiger partial charge in [-0.05, 0) is 74.5 Å². The summed E-state index contributed by atoms with van der Waals surface area (Å²) in [7, 11) is -3.71. The molecule has 1 aliphatic rings. The van der Waals surface area contributed by atoms with Gasteiger partial charge in [0.15, 0.2) is 5.76 Å². The lowest BCUT2D eigenvalue weighted by Gasteiger charge is -2.23. The van der Waals surface area contributed by atoms with E-state index in [2.05, 4.69) is 39.5 Å². The Morgan fingerprint density at radius 1 is 1.03 bits per heavy atom. The fourth-order valence-electron chi connectivity index (χ4n) is 3.78. The van der Waals surface area contributed by atoms with Gasteiger partial charge in [0.05, 0.1) is 4.90 Å². The number of piperidine rings is 1. The number of benzene rings is 2. The lowest BCUT2D eigenvalue weighted by molar-refractivity contribution is 0.393. The Morgan fingerprint density at radius 3 is 2.41 bits per heavy atom. The van der Waals surface area contributed by atoms with Crippen LogP contribution in [0, 0.1) is 13.8 Å². The maximum Gasteiger partial charge on any atom is 0.262 e. The van der Waals surface area contributed by atoms with Gasteiger partial charge in [0, 0.05) is 0 Å². The van der Waals surface area contributed by atoms with Crippen LogP contribution in [0.3, 0.4) is 0 Å². The van der Waals surface area contributed by atoms with Crippen molar-refractivity contribution in [2.24, 2.45) is 0 Å². The van der Waals surface area contributed by atoms with E-state index < -0.39 is 10.0 Å². The third kappa shape index (κ3) is 4.21. The van der Waals surface area contributed by atoms with Crippen molar-refractivity contribution in [3.05, 3.63) is 65.5 Å². The molecular weight excluding hydrogens is 386 g/mol. The van der Waals surface area contributed by atoms with Gasteiger partial charge in [0.1, 0.15) is 11.4 Å². The molecule has 3 aromatic rings. The van der Waals surface area contributed by atoms with Gasteiger partial charge in [-0.15, -0.1) is 0 Å². The highest BCUT2D eigenvalue weighted by Crippen LogP contribution is 2.30. The van der Waals surface area contributed by atoms with Crippen LogP contribution in [0.5, 0.6) is 0 Å². The molecule has 2 aromatic carbocycles. The first kappa shape index (κ1) is 19.7. The Kier molecular flexibility index (Phi) is 5.43. The molecule has 6 nitrogen and oxygen atoms in total. The number of aryl methyl sites for hydroxylation is 2. The van der Waals surface area contributed by atoms with Gasteiger partial charge in [-0.1, -0.05) is 41.6 Å². The number of rotatable bonds is 5. The number of sulfonamides is 1. The molecule has 1 fully saturated rings. The van der Waals surface area contributed by atoms with Crippen LogP contribution in [0.4, 0.5) is 5.69 Å². The number of nitrogens with one attached hydrogen (secondary N) is 2. The van der Waals surface area contributed by atoms with Crippen LogP contribution in [-0.4, -0.2) is 26.7 Å². The van der Waals surface area contributed by atoms with E-state index in [1.165, 1.54) is 5.56 Å². The van der Waals surface area contributed by atoms with Crippen LogP contribution < -0.4 is 10.0 Å². The molecule has 1 aliphatic heterocycles. The number of nitrogens with zero attached hydrogens (tertiary/aromatic N) is 1. The SMILES string of the molecule is Cc1noc(C)c1NS(=O)(=O)c1ccc(-c2cccc(C3CCNCC3)c2)cc1. The molecule has 1 aromatic heterocycles. The first-order valence-corrected chi connectivity index (χ1v) is 11.3. The monoisotopic (exact) mass is 411 g/mol. The van der Waals surface area contributed by atoms with E-state index in [1.54, 1.807) is 26.0 Å². The lowest BCUT2D eigenvalue weighted by atomic mass is 9.88. The largest absolute Gasteiger partial charge is 0.359 e. The predicted octanol–water partition coefficient (Wildman–Crippen LogP) is 4.23. The van der Waals surface area contributed by atoms with Crippen molar-refractivity contribution in [3.63, 3.8) is 0 Å². The number of hydrogen-bond donors (Lipinski definition) is 2. The van der Waals surface area contributed by atoms with Crippen LogP contribution in [0.1, 0.15) is 35.8 Å². The van der Waals surface area contributed by atoms with Gasteiger partial charge in [0.2, 0.25) is 0 Å². The molecule has 2 heterocycles. The van der Waals surface area contributed by atoms with Crippen LogP contribution in [0.25, 0.3) is 11.1 Å². The highest BCUT2D eigenvalue weighted by Gasteiger charge is 2.20. The quantitative estimate of drug-likeness (QED) is 0.656. The number of aromatic nitrogens is 1. The molecule has 7 heteroatoms. The smallest absolute Gasteiger partial charge is 0.262 e. The highest BCUT2D eigenvalue weighted by atomic mass is 32.2. The molecule has 1 saturated heterocycles. The van der Waals surface area contributed by atoms with E-state index in [9.17, 15) is 8.42 Å². The lowest BCUT2D eigenvalue weighted by Crippen LogP contribution is -2.26. The highest BCUT2D eigenvalue weighted by molar-refractivity contribution is 7.92. The minimum absolute atomic E-state index is 0.204.